The Hall–Kier alpha value is -1.41. The fraction of sp³-hybridized carbons (Fsp3) is 0.571. The van der Waals surface area contributed by atoms with Gasteiger partial charge in [0.2, 0.25) is 0 Å². The van der Waals surface area contributed by atoms with Crippen molar-refractivity contribution < 1.29 is 0 Å². The summed E-state index contributed by atoms with van der Waals surface area (Å²) >= 11 is 0. The molecule has 5 nitrogen and oxygen atoms in total. The van der Waals surface area contributed by atoms with Gasteiger partial charge in [0.1, 0.15) is 0 Å². The molecule has 1 rings (SSSR count). The van der Waals surface area contributed by atoms with Gasteiger partial charge in [-0.25, -0.2) is 0 Å². The van der Waals surface area contributed by atoms with Crippen molar-refractivity contribution in [3.8, 4) is 11.8 Å². The standard InChI is InChI=1S/C7H11N5/c1-3-4-5-8-6-7-9-11-12(2)10-7/h8H,5-6H2,1-2H3. The summed E-state index contributed by atoms with van der Waals surface area (Å²) in [6.45, 7) is 3.08. The molecule has 1 N–H and O–H groups in total. The zero-order valence-corrected chi connectivity index (χ0v) is 7.20. The lowest BCUT2D eigenvalue weighted by Crippen LogP contribution is -2.14. The van der Waals surface area contributed by atoms with E-state index < -0.39 is 0 Å². The Morgan fingerprint density at radius 2 is 2.42 bits per heavy atom. The summed E-state index contributed by atoms with van der Waals surface area (Å²) in [4.78, 5) is 1.43. The van der Waals surface area contributed by atoms with E-state index in [9.17, 15) is 0 Å². The Morgan fingerprint density at radius 3 is 3.00 bits per heavy atom. The van der Waals surface area contributed by atoms with E-state index in [1.54, 1.807) is 7.05 Å². The van der Waals surface area contributed by atoms with Crippen LogP contribution in [0, 0.1) is 11.8 Å². The van der Waals surface area contributed by atoms with Gasteiger partial charge < -0.3 is 0 Å². The Kier molecular flexibility index (Phi) is 3.23. The van der Waals surface area contributed by atoms with Gasteiger partial charge >= 0.3 is 0 Å². The first-order valence-corrected chi connectivity index (χ1v) is 3.66. The number of nitrogens with one attached hydrogen (secondary N) is 1. The molecule has 0 unspecified atom stereocenters. The van der Waals surface area contributed by atoms with Crippen molar-refractivity contribution in [1.29, 1.82) is 0 Å². The maximum Gasteiger partial charge on any atom is 0.188 e. The Balaban J connectivity index is 2.27. The van der Waals surface area contributed by atoms with Gasteiger partial charge in [-0.15, -0.1) is 16.1 Å². The maximum absolute atomic E-state index is 3.99. The summed E-state index contributed by atoms with van der Waals surface area (Å²) in [6, 6.07) is 0. The van der Waals surface area contributed by atoms with Crippen LogP contribution in [0.5, 0.6) is 0 Å². The van der Waals surface area contributed by atoms with Gasteiger partial charge in [-0.1, -0.05) is 5.92 Å². The highest BCUT2D eigenvalue weighted by Crippen LogP contribution is 1.81. The van der Waals surface area contributed by atoms with Gasteiger partial charge in [0, 0.05) is 0 Å². The molecule has 0 amide bonds. The lowest BCUT2D eigenvalue weighted by Gasteiger charge is -1.92. The first-order valence-electron chi connectivity index (χ1n) is 3.66. The summed E-state index contributed by atoms with van der Waals surface area (Å²) in [5.41, 5.74) is 0. The van der Waals surface area contributed by atoms with Crippen molar-refractivity contribution in [1.82, 2.24) is 25.5 Å². The molecule has 1 heterocycles. The average molecular weight is 165 g/mol. The van der Waals surface area contributed by atoms with Crippen molar-refractivity contribution >= 4 is 0 Å². The van der Waals surface area contributed by atoms with E-state index in [-0.39, 0.29) is 0 Å². The van der Waals surface area contributed by atoms with E-state index in [1.807, 2.05) is 6.92 Å². The molecule has 0 atom stereocenters. The lowest BCUT2D eigenvalue weighted by atomic mass is 10.5. The van der Waals surface area contributed by atoms with E-state index in [2.05, 4.69) is 32.6 Å². The predicted octanol–water partition coefficient (Wildman–Crippen LogP) is -0.677. The molecular formula is C7H11N5. The topological polar surface area (TPSA) is 55.6 Å². The molecule has 0 aliphatic rings. The molecule has 0 fully saturated rings. The molecule has 0 saturated heterocycles. The van der Waals surface area contributed by atoms with Crippen LogP contribution in [0.3, 0.4) is 0 Å². The number of hydrogen-bond acceptors (Lipinski definition) is 4. The first kappa shape index (κ1) is 8.68. The molecule has 12 heavy (non-hydrogen) atoms. The second-order valence-corrected chi connectivity index (χ2v) is 2.23. The molecule has 0 bridgehead atoms. The van der Waals surface area contributed by atoms with Crippen LogP contribution in [0.1, 0.15) is 12.7 Å². The van der Waals surface area contributed by atoms with Gasteiger partial charge in [0.15, 0.2) is 5.82 Å². The van der Waals surface area contributed by atoms with Crippen LogP contribution in [0.25, 0.3) is 0 Å². The number of hydrogen-bond donors (Lipinski definition) is 1. The van der Waals surface area contributed by atoms with E-state index in [1.165, 1.54) is 4.80 Å². The highest BCUT2D eigenvalue weighted by Gasteiger charge is 1.96. The van der Waals surface area contributed by atoms with E-state index >= 15 is 0 Å². The van der Waals surface area contributed by atoms with Crippen LogP contribution < -0.4 is 5.32 Å². The molecule has 0 aromatic carbocycles. The normalized spacial score (nSPS) is 9.17. The maximum atomic E-state index is 3.99. The summed E-state index contributed by atoms with van der Waals surface area (Å²) in [7, 11) is 1.74. The number of nitrogens with zero attached hydrogens (tertiary/aromatic N) is 4. The number of aryl methyl sites for hydroxylation is 1. The van der Waals surface area contributed by atoms with Crippen molar-refractivity contribution in [2.45, 2.75) is 13.5 Å². The van der Waals surface area contributed by atoms with Crippen molar-refractivity contribution in [2.24, 2.45) is 7.05 Å². The van der Waals surface area contributed by atoms with Crippen LogP contribution in [0.2, 0.25) is 0 Å². The minimum Gasteiger partial charge on any atom is -0.299 e. The molecule has 0 saturated carbocycles. The second-order valence-electron chi connectivity index (χ2n) is 2.23. The lowest BCUT2D eigenvalue weighted by molar-refractivity contribution is 0.624. The second kappa shape index (κ2) is 4.46. The molecule has 0 radical (unpaired) electrons. The van der Waals surface area contributed by atoms with E-state index in [0.717, 1.165) is 0 Å². The zero-order chi connectivity index (χ0) is 8.81. The van der Waals surface area contributed by atoms with Crippen molar-refractivity contribution in [2.75, 3.05) is 6.54 Å². The van der Waals surface area contributed by atoms with Gasteiger partial charge in [-0.2, -0.15) is 4.80 Å². The zero-order valence-electron chi connectivity index (χ0n) is 7.20. The van der Waals surface area contributed by atoms with Crippen molar-refractivity contribution in [3.05, 3.63) is 5.82 Å². The van der Waals surface area contributed by atoms with Crippen molar-refractivity contribution in [3.63, 3.8) is 0 Å². The average Bonchev–Trinajstić information content (AvgIpc) is 2.45. The monoisotopic (exact) mass is 165 g/mol. The highest BCUT2D eigenvalue weighted by atomic mass is 15.6. The minimum atomic E-state index is 0.614. The first-order chi connectivity index (χ1) is 5.83. The van der Waals surface area contributed by atoms with E-state index in [4.69, 9.17) is 0 Å². The van der Waals surface area contributed by atoms with Gasteiger partial charge in [0.05, 0.1) is 20.1 Å². The smallest absolute Gasteiger partial charge is 0.188 e. The third kappa shape index (κ3) is 2.68. The fourth-order valence-electron chi connectivity index (χ4n) is 0.719. The molecule has 5 heteroatoms. The van der Waals surface area contributed by atoms with Crippen LogP contribution >= 0.6 is 0 Å². The van der Waals surface area contributed by atoms with Crippen LogP contribution in [0.15, 0.2) is 0 Å². The Bertz CT molecular complexity index is 292. The van der Waals surface area contributed by atoms with Gasteiger partial charge in [-0.3, -0.25) is 5.32 Å². The quantitative estimate of drug-likeness (QED) is 0.476. The van der Waals surface area contributed by atoms with E-state index in [0.29, 0.717) is 18.9 Å². The molecule has 1 aromatic heterocycles. The van der Waals surface area contributed by atoms with Gasteiger partial charge in [-0.05, 0) is 12.1 Å². The molecule has 0 spiro atoms. The molecule has 0 aliphatic carbocycles. The highest BCUT2D eigenvalue weighted by molar-refractivity contribution is 4.97. The molecule has 1 aromatic rings. The third-order valence-corrected chi connectivity index (χ3v) is 1.22. The number of rotatable bonds is 3. The molecule has 64 valence electrons. The van der Waals surface area contributed by atoms with Gasteiger partial charge in [0.25, 0.3) is 0 Å². The molecule has 0 aliphatic heterocycles. The largest absolute Gasteiger partial charge is 0.299 e. The SMILES string of the molecule is CC#CCNCc1nnn(C)n1. The minimum absolute atomic E-state index is 0.614. The fourth-order valence-corrected chi connectivity index (χ4v) is 0.719. The predicted molar refractivity (Wildman–Crippen MR) is 44.0 cm³/mol. The summed E-state index contributed by atoms with van der Waals surface area (Å²) in [5, 5.41) is 14.6. The summed E-state index contributed by atoms with van der Waals surface area (Å²) in [5.74, 6) is 6.36. The van der Waals surface area contributed by atoms with Crippen LogP contribution in [-0.4, -0.2) is 26.8 Å². The van der Waals surface area contributed by atoms with Crippen LogP contribution in [-0.2, 0) is 13.6 Å². The third-order valence-electron chi connectivity index (χ3n) is 1.22. The Labute approximate surface area is 71.2 Å². The van der Waals surface area contributed by atoms with Crippen LogP contribution in [0.4, 0.5) is 0 Å². The number of aromatic nitrogens is 4. The summed E-state index contributed by atoms with van der Waals surface area (Å²) < 4.78 is 0. The summed E-state index contributed by atoms with van der Waals surface area (Å²) in [6.07, 6.45) is 0. The molecular weight excluding hydrogens is 154 g/mol. The Morgan fingerprint density at radius 1 is 1.58 bits per heavy atom. The number of tetrazole rings is 1.